The van der Waals surface area contributed by atoms with Crippen LogP contribution in [0.4, 0.5) is 0 Å². The fourth-order valence-corrected chi connectivity index (χ4v) is 3.33. The van der Waals surface area contributed by atoms with E-state index in [4.69, 9.17) is 4.74 Å². The minimum Gasteiger partial charge on any atom is -0.507 e. The number of halogens is 1. The van der Waals surface area contributed by atoms with Gasteiger partial charge in [0.2, 0.25) is 0 Å². The monoisotopic (exact) mass is 327 g/mol. The molecule has 1 fully saturated rings. The van der Waals surface area contributed by atoms with E-state index in [9.17, 15) is 5.11 Å². The Hall–Kier alpha value is -0.580. The molecular formula is C15H22BrNO2. The van der Waals surface area contributed by atoms with Crippen LogP contribution in [0.15, 0.2) is 16.6 Å². The van der Waals surface area contributed by atoms with E-state index in [1.807, 2.05) is 19.1 Å². The molecule has 2 atom stereocenters. The van der Waals surface area contributed by atoms with Gasteiger partial charge in [0.25, 0.3) is 0 Å². The fourth-order valence-electron chi connectivity index (χ4n) is 2.71. The van der Waals surface area contributed by atoms with Gasteiger partial charge in [-0.15, -0.1) is 0 Å². The molecule has 0 amide bonds. The van der Waals surface area contributed by atoms with Gasteiger partial charge in [-0.2, -0.15) is 0 Å². The number of ether oxygens (including phenoxy) is 1. The number of methoxy groups -OCH3 is 1. The fraction of sp³-hybridized carbons (Fsp3) is 0.600. The Morgan fingerprint density at radius 2 is 2.21 bits per heavy atom. The third-order valence-electron chi connectivity index (χ3n) is 4.01. The quantitative estimate of drug-likeness (QED) is 0.924. The summed E-state index contributed by atoms with van der Waals surface area (Å²) in [6.07, 6.45) is 1.44. The number of phenols is 1. The van der Waals surface area contributed by atoms with E-state index in [0.717, 1.165) is 41.7 Å². The highest BCUT2D eigenvalue weighted by atomic mass is 79.9. The van der Waals surface area contributed by atoms with E-state index in [2.05, 4.69) is 27.8 Å². The molecule has 0 radical (unpaired) electrons. The Labute approximate surface area is 123 Å². The SMILES string of the molecule is COC1CN(Cc2cc(Br)cc(C)c2O)CCC1C. The molecule has 0 saturated carbocycles. The second kappa shape index (κ2) is 6.25. The van der Waals surface area contributed by atoms with Gasteiger partial charge in [-0.25, -0.2) is 0 Å². The van der Waals surface area contributed by atoms with E-state index in [0.29, 0.717) is 17.8 Å². The molecule has 1 saturated heterocycles. The van der Waals surface area contributed by atoms with Crippen LogP contribution < -0.4 is 0 Å². The zero-order valence-electron chi connectivity index (χ0n) is 11.8. The van der Waals surface area contributed by atoms with Gasteiger partial charge < -0.3 is 9.84 Å². The smallest absolute Gasteiger partial charge is 0.123 e. The standard InChI is InChI=1S/C15H22BrNO2/c1-10-4-5-17(9-14(10)19-3)8-12-7-13(16)6-11(2)15(12)18/h6-7,10,14,18H,4-5,8-9H2,1-3H3. The van der Waals surface area contributed by atoms with Crippen molar-refractivity contribution in [3.05, 3.63) is 27.7 Å². The second-order valence-corrected chi connectivity index (χ2v) is 6.42. The van der Waals surface area contributed by atoms with Crippen molar-refractivity contribution in [2.24, 2.45) is 5.92 Å². The molecule has 19 heavy (non-hydrogen) atoms. The summed E-state index contributed by atoms with van der Waals surface area (Å²) in [6.45, 7) is 6.94. The molecular weight excluding hydrogens is 306 g/mol. The summed E-state index contributed by atoms with van der Waals surface area (Å²) in [5.41, 5.74) is 1.90. The molecule has 0 bridgehead atoms. The predicted octanol–water partition coefficient (Wildman–Crippen LogP) is 3.32. The van der Waals surface area contributed by atoms with E-state index in [1.54, 1.807) is 7.11 Å². The molecule has 1 aromatic carbocycles. The summed E-state index contributed by atoms with van der Waals surface area (Å²) in [7, 11) is 1.78. The van der Waals surface area contributed by atoms with Crippen molar-refractivity contribution < 1.29 is 9.84 Å². The van der Waals surface area contributed by atoms with Gasteiger partial charge in [-0.1, -0.05) is 22.9 Å². The Morgan fingerprint density at radius 3 is 2.89 bits per heavy atom. The molecule has 1 aliphatic heterocycles. The third kappa shape index (κ3) is 3.50. The molecule has 2 unspecified atom stereocenters. The van der Waals surface area contributed by atoms with Crippen LogP contribution in [-0.4, -0.2) is 36.3 Å². The van der Waals surface area contributed by atoms with Gasteiger partial charge in [0.1, 0.15) is 5.75 Å². The predicted molar refractivity (Wildman–Crippen MR) is 80.4 cm³/mol. The number of piperidine rings is 1. The zero-order valence-corrected chi connectivity index (χ0v) is 13.4. The van der Waals surface area contributed by atoms with Gasteiger partial charge >= 0.3 is 0 Å². The lowest BCUT2D eigenvalue weighted by Crippen LogP contribution is -2.43. The van der Waals surface area contributed by atoms with Gasteiger partial charge in [-0.05, 0) is 43.5 Å². The van der Waals surface area contributed by atoms with E-state index >= 15 is 0 Å². The summed E-state index contributed by atoms with van der Waals surface area (Å²) in [5, 5.41) is 10.1. The maximum Gasteiger partial charge on any atom is 0.123 e. The minimum atomic E-state index is 0.296. The van der Waals surface area contributed by atoms with Crippen LogP contribution >= 0.6 is 15.9 Å². The number of rotatable bonds is 3. The molecule has 1 heterocycles. The Bertz CT molecular complexity index is 450. The number of likely N-dealkylation sites (tertiary alicyclic amines) is 1. The van der Waals surface area contributed by atoms with E-state index in [1.165, 1.54) is 0 Å². The lowest BCUT2D eigenvalue weighted by molar-refractivity contribution is -0.00763. The van der Waals surface area contributed by atoms with Crippen LogP contribution in [0.2, 0.25) is 0 Å². The maximum absolute atomic E-state index is 10.1. The van der Waals surface area contributed by atoms with Gasteiger partial charge in [0, 0.05) is 30.2 Å². The second-order valence-electron chi connectivity index (χ2n) is 5.51. The van der Waals surface area contributed by atoms with E-state index in [-0.39, 0.29) is 0 Å². The lowest BCUT2D eigenvalue weighted by Gasteiger charge is -2.36. The molecule has 1 aromatic rings. The number of hydrogen-bond donors (Lipinski definition) is 1. The zero-order chi connectivity index (χ0) is 14.0. The van der Waals surface area contributed by atoms with Crippen LogP contribution in [0.1, 0.15) is 24.5 Å². The minimum absolute atomic E-state index is 0.296. The number of benzene rings is 1. The van der Waals surface area contributed by atoms with Crippen molar-refractivity contribution in [1.29, 1.82) is 0 Å². The highest BCUT2D eigenvalue weighted by molar-refractivity contribution is 9.10. The molecule has 106 valence electrons. The average Bonchev–Trinajstić information content (AvgIpc) is 2.37. The van der Waals surface area contributed by atoms with Gasteiger partial charge in [0.05, 0.1) is 6.10 Å². The Kier molecular flexibility index (Phi) is 4.87. The first kappa shape index (κ1) is 14.8. The van der Waals surface area contributed by atoms with Crippen molar-refractivity contribution in [3.63, 3.8) is 0 Å². The van der Waals surface area contributed by atoms with E-state index < -0.39 is 0 Å². The van der Waals surface area contributed by atoms with Crippen molar-refractivity contribution in [1.82, 2.24) is 4.90 Å². The van der Waals surface area contributed by atoms with Gasteiger partial charge in [-0.3, -0.25) is 4.90 Å². The summed E-state index contributed by atoms with van der Waals surface area (Å²) in [4.78, 5) is 2.36. The van der Waals surface area contributed by atoms with Crippen LogP contribution in [0, 0.1) is 12.8 Å². The summed E-state index contributed by atoms with van der Waals surface area (Å²) in [5.74, 6) is 1.02. The summed E-state index contributed by atoms with van der Waals surface area (Å²) < 4.78 is 6.56. The molecule has 4 heteroatoms. The molecule has 0 spiro atoms. The Balaban J connectivity index is 2.09. The van der Waals surface area contributed by atoms with Crippen LogP contribution in [-0.2, 0) is 11.3 Å². The Morgan fingerprint density at radius 1 is 1.47 bits per heavy atom. The third-order valence-corrected chi connectivity index (χ3v) is 4.47. The van der Waals surface area contributed by atoms with Crippen molar-refractivity contribution in [2.45, 2.75) is 32.9 Å². The molecule has 0 aliphatic carbocycles. The number of phenolic OH excluding ortho intramolecular Hbond substituents is 1. The van der Waals surface area contributed by atoms with Crippen LogP contribution in [0.3, 0.4) is 0 Å². The number of hydrogen-bond acceptors (Lipinski definition) is 3. The molecule has 1 aliphatic rings. The topological polar surface area (TPSA) is 32.7 Å². The van der Waals surface area contributed by atoms with Crippen LogP contribution in [0.25, 0.3) is 0 Å². The lowest BCUT2D eigenvalue weighted by atomic mass is 9.95. The van der Waals surface area contributed by atoms with Gasteiger partial charge in [0.15, 0.2) is 0 Å². The molecule has 2 rings (SSSR count). The molecule has 3 nitrogen and oxygen atoms in total. The van der Waals surface area contributed by atoms with Crippen molar-refractivity contribution in [3.8, 4) is 5.75 Å². The highest BCUT2D eigenvalue weighted by Gasteiger charge is 2.26. The highest BCUT2D eigenvalue weighted by Crippen LogP contribution is 2.29. The summed E-state index contributed by atoms with van der Waals surface area (Å²) >= 11 is 3.49. The molecule has 0 aromatic heterocycles. The largest absolute Gasteiger partial charge is 0.507 e. The normalized spacial score (nSPS) is 24.6. The van der Waals surface area contributed by atoms with Crippen molar-refractivity contribution in [2.75, 3.05) is 20.2 Å². The average molecular weight is 328 g/mol. The molecule has 1 N–H and O–H groups in total. The summed E-state index contributed by atoms with van der Waals surface area (Å²) in [6, 6.07) is 3.94. The first-order valence-electron chi connectivity index (χ1n) is 6.74. The van der Waals surface area contributed by atoms with Crippen LogP contribution in [0.5, 0.6) is 5.75 Å². The number of aromatic hydroxyl groups is 1. The first-order valence-corrected chi connectivity index (χ1v) is 7.53. The first-order chi connectivity index (χ1) is 9.01. The number of aryl methyl sites for hydroxylation is 1. The maximum atomic E-state index is 10.1. The number of nitrogens with zero attached hydrogens (tertiary/aromatic N) is 1. The van der Waals surface area contributed by atoms with Crippen molar-refractivity contribution >= 4 is 15.9 Å².